The van der Waals surface area contributed by atoms with Crippen molar-refractivity contribution in [2.75, 3.05) is 13.2 Å². The lowest BCUT2D eigenvalue weighted by Gasteiger charge is -2.30. The fourth-order valence-electron chi connectivity index (χ4n) is 1.93. The second kappa shape index (κ2) is 3.81. The maximum atomic E-state index is 9.26. The predicted molar refractivity (Wildman–Crippen MR) is 53.8 cm³/mol. The van der Waals surface area contributed by atoms with Gasteiger partial charge in [-0.2, -0.15) is 5.26 Å². The Morgan fingerprint density at radius 1 is 1.29 bits per heavy atom. The normalized spacial score (nSPS) is 26.8. The summed E-state index contributed by atoms with van der Waals surface area (Å²) in [6.07, 6.45) is 1.88. The highest BCUT2D eigenvalue weighted by atomic mass is 16.5. The van der Waals surface area contributed by atoms with Gasteiger partial charge in [0, 0.05) is 6.61 Å². The number of benzene rings is 1. The smallest absolute Gasteiger partial charge is 0.106 e. The van der Waals surface area contributed by atoms with Crippen molar-refractivity contribution in [3.05, 3.63) is 35.9 Å². The minimum Gasteiger partial charge on any atom is -0.379 e. The summed E-state index contributed by atoms with van der Waals surface area (Å²) in [4.78, 5) is 0. The zero-order valence-corrected chi connectivity index (χ0v) is 8.07. The Bertz CT molecular complexity index is 333. The van der Waals surface area contributed by atoms with E-state index >= 15 is 0 Å². The van der Waals surface area contributed by atoms with Crippen molar-refractivity contribution in [3.8, 4) is 6.07 Å². The van der Waals surface area contributed by atoms with Crippen LogP contribution in [0.15, 0.2) is 30.3 Å². The van der Waals surface area contributed by atoms with Gasteiger partial charge in [-0.05, 0) is 18.4 Å². The summed E-state index contributed by atoms with van der Waals surface area (Å²) in [5.74, 6) is 0. The molecular formula is C12H13NO. The Morgan fingerprint density at radius 2 is 2.07 bits per heavy atom. The molecule has 0 aliphatic carbocycles. The Morgan fingerprint density at radius 3 is 2.64 bits per heavy atom. The van der Waals surface area contributed by atoms with E-state index in [0.717, 1.165) is 25.0 Å². The first kappa shape index (κ1) is 9.23. The van der Waals surface area contributed by atoms with Gasteiger partial charge in [0.15, 0.2) is 0 Å². The van der Waals surface area contributed by atoms with Gasteiger partial charge in [-0.25, -0.2) is 0 Å². The van der Waals surface area contributed by atoms with Crippen molar-refractivity contribution >= 4 is 0 Å². The van der Waals surface area contributed by atoms with Gasteiger partial charge in [-0.1, -0.05) is 30.3 Å². The largest absolute Gasteiger partial charge is 0.379 e. The molecular weight excluding hydrogens is 174 g/mol. The maximum absolute atomic E-state index is 9.26. The molecule has 0 amide bonds. The molecule has 0 N–H and O–H groups in total. The summed E-state index contributed by atoms with van der Waals surface area (Å²) in [6.45, 7) is 1.32. The van der Waals surface area contributed by atoms with E-state index in [0.29, 0.717) is 6.61 Å². The van der Waals surface area contributed by atoms with Gasteiger partial charge in [0.25, 0.3) is 0 Å². The average molecular weight is 187 g/mol. The van der Waals surface area contributed by atoms with Gasteiger partial charge >= 0.3 is 0 Å². The number of hydrogen-bond acceptors (Lipinski definition) is 2. The van der Waals surface area contributed by atoms with Crippen molar-refractivity contribution in [3.63, 3.8) is 0 Å². The monoisotopic (exact) mass is 187 g/mol. The van der Waals surface area contributed by atoms with Crippen LogP contribution in [0.1, 0.15) is 18.4 Å². The fourth-order valence-corrected chi connectivity index (χ4v) is 1.93. The second-order valence-corrected chi connectivity index (χ2v) is 3.72. The molecule has 0 radical (unpaired) electrons. The van der Waals surface area contributed by atoms with Crippen LogP contribution in [0.2, 0.25) is 0 Å². The van der Waals surface area contributed by atoms with Crippen LogP contribution >= 0.6 is 0 Å². The SMILES string of the molecule is N#C[C@]1(c2ccccc2)CCCOC1. The summed E-state index contributed by atoms with van der Waals surface area (Å²) in [5.41, 5.74) is 0.682. The Kier molecular flexibility index (Phi) is 2.51. The van der Waals surface area contributed by atoms with Gasteiger partial charge in [-0.3, -0.25) is 0 Å². The highest BCUT2D eigenvalue weighted by Gasteiger charge is 2.34. The van der Waals surface area contributed by atoms with Gasteiger partial charge < -0.3 is 4.74 Å². The summed E-state index contributed by atoms with van der Waals surface area (Å²) >= 11 is 0. The molecule has 72 valence electrons. The van der Waals surface area contributed by atoms with Crippen LogP contribution in [0.4, 0.5) is 0 Å². The van der Waals surface area contributed by atoms with E-state index in [1.54, 1.807) is 0 Å². The van der Waals surface area contributed by atoms with Crippen LogP contribution in [-0.4, -0.2) is 13.2 Å². The van der Waals surface area contributed by atoms with Gasteiger partial charge in [0.2, 0.25) is 0 Å². The number of nitrogens with zero attached hydrogens (tertiary/aromatic N) is 1. The molecule has 0 spiro atoms. The van der Waals surface area contributed by atoms with Gasteiger partial charge in [0.1, 0.15) is 5.41 Å². The van der Waals surface area contributed by atoms with Crippen molar-refractivity contribution in [1.29, 1.82) is 5.26 Å². The summed E-state index contributed by atoms with van der Waals surface area (Å²) in [6, 6.07) is 12.4. The first-order chi connectivity index (χ1) is 6.87. The third-order valence-electron chi connectivity index (χ3n) is 2.78. The highest BCUT2D eigenvalue weighted by molar-refractivity contribution is 5.32. The molecule has 1 saturated heterocycles. The van der Waals surface area contributed by atoms with Gasteiger partial charge in [0.05, 0.1) is 12.7 Å². The van der Waals surface area contributed by atoms with E-state index in [1.807, 2.05) is 30.3 Å². The summed E-state index contributed by atoms with van der Waals surface area (Å²) in [5, 5.41) is 9.26. The van der Waals surface area contributed by atoms with E-state index in [9.17, 15) is 5.26 Å². The first-order valence-electron chi connectivity index (χ1n) is 4.92. The lowest BCUT2D eigenvalue weighted by molar-refractivity contribution is 0.0563. The average Bonchev–Trinajstić information content (AvgIpc) is 2.31. The topological polar surface area (TPSA) is 33.0 Å². The van der Waals surface area contributed by atoms with E-state index < -0.39 is 5.41 Å². The third-order valence-corrected chi connectivity index (χ3v) is 2.78. The van der Waals surface area contributed by atoms with E-state index in [1.165, 1.54) is 0 Å². The van der Waals surface area contributed by atoms with E-state index in [-0.39, 0.29) is 0 Å². The van der Waals surface area contributed by atoms with Crippen molar-refractivity contribution in [2.24, 2.45) is 0 Å². The molecule has 1 aromatic rings. The quantitative estimate of drug-likeness (QED) is 0.675. The Labute approximate surface area is 84.1 Å². The molecule has 1 atom stereocenters. The zero-order valence-electron chi connectivity index (χ0n) is 8.07. The Balaban J connectivity index is 2.33. The molecule has 14 heavy (non-hydrogen) atoms. The molecule has 1 fully saturated rings. The molecule has 1 aliphatic rings. The third kappa shape index (κ3) is 1.51. The molecule has 0 aromatic heterocycles. The fraction of sp³-hybridized carbons (Fsp3) is 0.417. The van der Waals surface area contributed by atoms with Crippen LogP contribution in [0.25, 0.3) is 0 Å². The van der Waals surface area contributed by atoms with Crippen LogP contribution in [0, 0.1) is 11.3 Å². The minimum absolute atomic E-state index is 0.403. The van der Waals surface area contributed by atoms with Gasteiger partial charge in [-0.15, -0.1) is 0 Å². The summed E-state index contributed by atoms with van der Waals surface area (Å²) in [7, 11) is 0. The van der Waals surface area contributed by atoms with E-state index in [2.05, 4.69) is 6.07 Å². The molecule has 1 heterocycles. The predicted octanol–water partition coefficient (Wildman–Crippen LogP) is 2.26. The maximum Gasteiger partial charge on any atom is 0.106 e. The highest BCUT2D eigenvalue weighted by Crippen LogP contribution is 2.31. The van der Waals surface area contributed by atoms with Crippen molar-refractivity contribution < 1.29 is 4.74 Å². The van der Waals surface area contributed by atoms with Crippen LogP contribution < -0.4 is 0 Å². The van der Waals surface area contributed by atoms with Crippen LogP contribution in [0.5, 0.6) is 0 Å². The molecule has 1 aromatic carbocycles. The first-order valence-corrected chi connectivity index (χ1v) is 4.92. The number of nitriles is 1. The molecule has 0 saturated carbocycles. The molecule has 2 nitrogen and oxygen atoms in total. The zero-order chi connectivity index (χ0) is 9.86. The molecule has 1 aliphatic heterocycles. The van der Waals surface area contributed by atoms with Crippen LogP contribution in [0.3, 0.4) is 0 Å². The molecule has 0 bridgehead atoms. The number of rotatable bonds is 1. The lowest BCUT2D eigenvalue weighted by Crippen LogP contribution is -2.34. The minimum atomic E-state index is -0.403. The second-order valence-electron chi connectivity index (χ2n) is 3.72. The Hall–Kier alpha value is -1.33. The summed E-state index contributed by atoms with van der Waals surface area (Å²) < 4.78 is 5.41. The standard InChI is InChI=1S/C12H13NO/c13-9-12(7-4-8-14-10-12)11-5-2-1-3-6-11/h1-3,5-6H,4,7-8,10H2/t12-/m1/s1. The van der Waals surface area contributed by atoms with Crippen LogP contribution in [-0.2, 0) is 10.2 Å². The number of hydrogen-bond donors (Lipinski definition) is 0. The van der Waals surface area contributed by atoms with Crippen molar-refractivity contribution in [2.45, 2.75) is 18.3 Å². The molecule has 2 heteroatoms. The van der Waals surface area contributed by atoms with E-state index in [4.69, 9.17) is 4.74 Å². The lowest BCUT2D eigenvalue weighted by atomic mass is 9.78. The number of ether oxygens (including phenoxy) is 1. The molecule has 0 unspecified atom stereocenters. The van der Waals surface area contributed by atoms with Crippen molar-refractivity contribution in [1.82, 2.24) is 0 Å². The molecule has 2 rings (SSSR count).